The minimum Gasteiger partial charge on any atom is -0.337 e. The Bertz CT molecular complexity index is 337. The number of hydrogen-bond acceptors (Lipinski definition) is 2. The van der Waals surface area contributed by atoms with Gasteiger partial charge in [0.25, 0.3) is 0 Å². The summed E-state index contributed by atoms with van der Waals surface area (Å²) in [5.41, 5.74) is 0. The number of aryl methyl sites for hydroxylation is 1. The van der Waals surface area contributed by atoms with Crippen molar-refractivity contribution in [3.05, 3.63) is 18.2 Å². The largest absolute Gasteiger partial charge is 0.337 e. The molecule has 96 valence electrons. The fourth-order valence-electron chi connectivity index (χ4n) is 2.98. The SMILES string of the molecule is CCNC(c1nccn1C)C1CCC(C)CC1. The van der Waals surface area contributed by atoms with Gasteiger partial charge < -0.3 is 9.88 Å². The molecule has 1 fully saturated rings. The molecule has 0 amide bonds. The van der Waals surface area contributed by atoms with Gasteiger partial charge in [-0.05, 0) is 31.2 Å². The monoisotopic (exact) mass is 235 g/mol. The van der Waals surface area contributed by atoms with E-state index < -0.39 is 0 Å². The summed E-state index contributed by atoms with van der Waals surface area (Å²) in [6.07, 6.45) is 9.38. The lowest BCUT2D eigenvalue weighted by atomic mass is 9.79. The standard InChI is InChI=1S/C14H25N3/c1-4-15-13(14-16-9-10-17(14)3)12-7-5-11(2)6-8-12/h9-13,15H,4-8H2,1-3H3. The second kappa shape index (κ2) is 5.67. The Morgan fingerprint density at radius 3 is 2.65 bits per heavy atom. The van der Waals surface area contributed by atoms with E-state index in [2.05, 4.69) is 35.8 Å². The zero-order valence-corrected chi connectivity index (χ0v) is 11.3. The van der Waals surface area contributed by atoms with Crippen molar-refractivity contribution in [3.8, 4) is 0 Å². The lowest BCUT2D eigenvalue weighted by Gasteiger charge is -2.32. The smallest absolute Gasteiger partial charge is 0.125 e. The van der Waals surface area contributed by atoms with Crippen molar-refractivity contribution in [2.45, 2.75) is 45.6 Å². The van der Waals surface area contributed by atoms with E-state index in [-0.39, 0.29) is 0 Å². The van der Waals surface area contributed by atoms with Crippen molar-refractivity contribution in [2.75, 3.05) is 6.54 Å². The quantitative estimate of drug-likeness (QED) is 0.869. The molecule has 3 heteroatoms. The van der Waals surface area contributed by atoms with Crippen LogP contribution in [0.15, 0.2) is 12.4 Å². The predicted molar refractivity (Wildman–Crippen MR) is 70.7 cm³/mol. The van der Waals surface area contributed by atoms with E-state index in [9.17, 15) is 0 Å². The Kier molecular flexibility index (Phi) is 4.21. The summed E-state index contributed by atoms with van der Waals surface area (Å²) in [5.74, 6) is 2.87. The fraction of sp³-hybridized carbons (Fsp3) is 0.786. The third-order valence-corrected chi connectivity index (χ3v) is 4.09. The minimum atomic E-state index is 0.438. The Balaban J connectivity index is 2.09. The van der Waals surface area contributed by atoms with Gasteiger partial charge in [-0.3, -0.25) is 0 Å². The molecule has 1 N–H and O–H groups in total. The first-order valence-corrected chi connectivity index (χ1v) is 6.93. The van der Waals surface area contributed by atoms with Gasteiger partial charge in [0.1, 0.15) is 5.82 Å². The molecule has 0 spiro atoms. The third kappa shape index (κ3) is 2.89. The lowest BCUT2D eigenvalue weighted by molar-refractivity contribution is 0.225. The normalized spacial score (nSPS) is 27.0. The van der Waals surface area contributed by atoms with Crippen LogP contribution in [0.25, 0.3) is 0 Å². The lowest BCUT2D eigenvalue weighted by Crippen LogP contribution is -2.32. The van der Waals surface area contributed by atoms with E-state index >= 15 is 0 Å². The number of rotatable bonds is 4. The Hall–Kier alpha value is -0.830. The Morgan fingerprint density at radius 1 is 1.41 bits per heavy atom. The van der Waals surface area contributed by atoms with Crippen molar-refractivity contribution in [2.24, 2.45) is 18.9 Å². The van der Waals surface area contributed by atoms with Gasteiger partial charge in [-0.1, -0.05) is 26.7 Å². The number of aromatic nitrogens is 2. The van der Waals surface area contributed by atoms with E-state index in [4.69, 9.17) is 0 Å². The van der Waals surface area contributed by atoms with Crippen molar-refractivity contribution in [1.29, 1.82) is 0 Å². The van der Waals surface area contributed by atoms with E-state index in [0.717, 1.165) is 18.4 Å². The maximum absolute atomic E-state index is 4.53. The fourth-order valence-corrected chi connectivity index (χ4v) is 2.98. The zero-order valence-electron chi connectivity index (χ0n) is 11.3. The number of nitrogens with zero attached hydrogens (tertiary/aromatic N) is 2. The molecule has 1 aromatic rings. The van der Waals surface area contributed by atoms with Gasteiger partial charge in [-0.15, -0.1) is 0 Å². The summed E-state index contributed by atoms with van der Waals surface area (Å²) in [6.45, 7) is 5.57. The van der Waals surface area contributed by atoms with Crippen LogP contribution < -0.4 is 5.32 Å². The molecule has 3 nitrogen and oxygen atoms in total. The average molecular weight is 235 g/mol. The maximum Gasteiger partial charge on any atom is 0.125 e. The molecule has 1 atom stereocenters. The highest BCUT2D eigenvalue weighted by Gasteiger charge is 2.28. The van der Waals surface area contributed by atoms with Gasteiger partial charge in [0.2, 0.25) is 0 Å². The molecule has 1 aliphatic rings. The Labute approximate surface area is 105 Å². The van der Waals surface area contributed by atoms with E-state index in [1.54, 1.807) is 0 Å². The highest BCUT2D eigenvalue weighted by molar-refractivity contribution is 5.01. The van der Waals surface area contributed by atoms with Crippen LogP contribution in [0.1, 0.15) is 51.4 Å². The first-order chi connectivity index (χ1) is 8.22. The van der Waals surface area contributed by atoms with E-state index in [0.29, 0.717) is 6.04 Å². The summed E-state index contributed by atoms with van der Waals surface area (Å²) in [4.78, 5) is 4.53. The van der Waals surface area contributed by atoms with Gasteiger partial charge in [-0.2, -0.15) is 0 Å². The molecule has 0 aromatic carbocycles. The molecule has 1 aromatic heterocycles. The minimum absolute atomic E-state index is 0.438. The zero-order chi connectivity index (χ0) is 12.3. The highest BCUT2D eigenvalue weighted by atomic mass is 15.1. The first-order valence-electron chi connectivity index (χ1n) is 6.93. The highest BCUT2D eigenvalue weighted by Crippen LogP contribution is 2.36. The summed E-state index contributed by atoms with van der Waals surface area (Å²) in [7, 11) is 2.10. The molecule has 1 aliphatic carbocycles. The van der Waals surface area contributed by atoms with Gasteiger partial charge >= 0.3 is 0 Å². The van der Waals surface area contributed by atoms with Crippen LogP contribution in [0.5, 0.6) is 0 Å². The van der Waals surface area contributed by atoms with Gasteiger partial charge in [-0.25, -0.2) is 4.98 Å². The van der Waals surface area contributed by atoms with Crippen LogP contribution in [0, 0.1) is 11.8 Å². The van der Waals surface area contributed by atoms with Crippen LogP contribution in [0.3, 0.4) is 0 Å². The maximum atomic E-state index is 4.53. The van der Waals surface area contributed by atoms with E-state index in [1.165, 1.54) is 31.5 Å². The summed E-state index contributed by atoms with van der Waals surface area (Å²) < 4.78 is 2.16. The molecule has 1 heterocycles. The summed E-state index contributed by atoms with van der Waals surface area (Å²) in [5, 5.41) is 3.63. The summed E-state index contributed by atoms with van der Waals surface area (Å²) >= 11 is 0. The molecule has 0 radical (unpaired) electrons. The van der Waals surface area contributed by atoms with Crippen molar-refractivity contribution < 1.29 is 0 Å². The molecule has 1 unspecified atom stereocenters. The number of nitrogens with one attached hydrogen (secondary N) is 1. The average Bonchev–Trinajstić information content (AvgIpc) is 2.74. The summed E-state index contributed by atoms with van der Waals surface area (Å²) in [6, 6.07) is 0.438. The predicted octanol–water partition coefficient (Wildman–Crippen LogP) is 2.90. The van der Waals surface area contributed by atoms with Crippen LogP contribution in [-0.4, -0.2) is 16.1 Å². The van der Waals surface area contributed by atoms with Crippen molar-refractivity contribution in [3.63, 3.8) is 0 Å². The van der Waals surface area contributed by atoms with Gasteiger partial charge in [0, 0.05) is 19.4 Å². The van der Waals surface area contributed by atoms with Gasteiger partial charge in [0.15, 0.2) is 0 Å². The molecule has 0 bridgehead atoms. The molecular weight excluding hydrogens is 210 g/mol. The second-order valence-electron chi connectivity index (χ2n) is 5.45. The third-order valence-electron chi connectivity index (χ3n) is 4.09. The van der Waals surface area contributed by atoms with Gasteiger partial charge in [0.05, 0.1) is 6.04 Å². The molecule has 1 saturated carbocycles. The van der Waals surface area contributed by atoms with Crippen LogP contribution in [0.2, 0.25) is 0 Å². The molecule has 0 aliphatic heterocycles. The Morgan fingerprint density at radius 2 is 2.12 bits per heavy atom. The molecule has 0 saturated heterocycles. The van der Waals surface area contributed by atoms with Crippen LogP contribution in [0.4, 0.5) is 0 Å². The molecule has 2 rings (SSSR count). The number of hydrogen-bond donors (Lipinski definition) is 1. The van der Waals surface area contributed by atoms with Crippen molar-refractivity contribution in [1.82, 2.24) is 14.9 Å². The van der Waals surface area contributed by atoms with Crippen LogP contribution in [-0.2, 0) is 7.05 Å². The van der Waals surface area contributed by atoms with Crippen LogP contribution >= 0.6 is 0 Å². The first kappa shape index (κ1) is 12.6. The van der Waals surface area contributed by atoms with E-state index in [1.807, 2.05) is 12.4 Å². The number of imidazole rings is 1. The second-order valence-corrected chi connectivity index (χ2v) is 5.45. The topological polar surface area (TPSA) is 29.9 Å². The molecule has 17 heavy (non-hydrogen) atoms. The van der Waals surface area contributed by atoms with Crippen molar-refractivity contribution >= 4 is 0 Å². The molecular formula is C14H25N3.